The van der Waals surface area contributed by atoms with Crippen molar-refractivity contribution in [2.45, 2.75) is 46.2 Å². The first-order valence-electron chi connectivity index (χ1n) is 6.61. The van der Waals surface area contributed by atoms with E-state index in [4.69, 9.17) is 5.73 Å². The molecule has 1 unspecified atom stereocenters. The summed E-state index contributed by atoms with van der Waals surface area (Å²) in [4.78, 5) is 16.6. The Bertz CT molecular complexity index is 660. The molecule has 2 rings (SSSR count). The number of fused-ring (bicyclic) bond motifs is 1. The minimum absolute atomic E-state index is 0.0950. The molecular weight excluding hydrogens is 256 g/mol. The highest BCUT2D eigenvalue weighted by Crippen LogP contribution is 2.24. The van der Waals surface area contributed by atoms with Crippen LogP contribution in [0, 0.1) is 6.92 Å². The van der Waals surface area contributed by atoms with Crippen molar-refractivity contribution in [3.8, 4) is 0 Å². The Labute approximate surface area is 118 Å². The van der Waals surface area contributed by atoms with E-state index in [0.29, 0.717) is 5.95 Å². The third-order valence-electron chi connectivity index (χ3n) is 3.13. The molecule has 7 heteroatoms. The van der Waals surface area contributed by atoms with E-state index in [1.165, 1.54) is 0 Å². The molecule has 0 spiro atoms. The molecular formula is C13H22N6O. The van der Waals surface area contributed by atoms with Crippen molar-refractivity contribution in [3.05, 3.63) is 5.69 Å². The fraction of sp³-hybridized carbons (Fsp3) is 0.615. The van der Waals surface area contributed by atoms with Crippen molar-refractivity contribution in [1.82, 2.24) is 24.6 Å². The SMILES string of the molecule is Cc1nn(C)c2c1nc(N)n2C(C)C(=O)NC(C)(C)C. The first-order valence-corrected chi connectivity index (χ1v) is 6.61. The third-order valence-corrected chi connectivity index (χ3v) is 3.13. The second-order valence-corrected chi connectivity index (χ2v) is 6.14. The largest absolute Gasteiger partial charge is 0.369 e. The van der Waals surface area contributed by atoms with Gasteiger partial charge in [-0.25, -0.2) is 4.98 Å². The van der Waals surface area contributed by atoms with Crippen LogP contribution >= 0.6 is 0 Å². The van der Waals surface area contributed by atoms with Gasteiger partial charge in [-0.1, -0.05) is 0 Å². The third kappa shape index (κ3) is 2.35. The predicted molar refractivity (Wildman–Crippen MR) is 78.3 cm³/mol. The zero-order chi connectivity index (χ0) is 15.2. The first kappa shape index (κ1) is 14.4. The lowest BCUT2D eigenvalue weighted by atomic mass is 10.1. The number of hydrogen-bond acceptors (Lipinski definition) is 4. The van der Waals surface area contributed by atoms with Crippen molar-refractivity contribution < 1.29 is 4.79 Å². The van der Waals surface area contributed by atoms with Crippen molar-refractivity contribution >= 4 is 23.0 Å². The maximum Gasteiger partial charge on any atom is 0.243 e. The lowest BCUT2D eigenvalue weighted by Crippen LogP contribution is -2.44. The number of nitrogens with two attached hydrogens (primary N) is 1. The molecule has 0 saturated heterocycles. The Kier molecular flexibility index (Phi) is 3.23. The van der Waals surface area contributed by atoms with Crippen LogP contribution < -0.4 is 11.1 Å². The number of imidazole rings is 1. The van der Waals surface area contributed by atoms with E-state index in [2.05, 4.69) is 15.4 Å². The van der Waals surface area contributed by atoms with Crippen LogP contribution in [0.15, 0.2) is 0 Å². The fourth-order valence-corrected chi connectivity index (χ4v) is 2.29. The van der Waals surface area contributed by atoms with Crippen LogP contribution in [0.5, 0.6) is 0 Å². The van der Waals surface area contributed by atoms with Crippen molar-refractivity contribution in [2.24, 2.45) is 7.05 Å². The highest BCUT2D eigenvalue weighted by molar-refractivity contribution is 5.85. The number of hydrogen-bond donors (Lipinski definition) is 2. The molecule has 0 aliphatic rings. The number of carbonyl (C=O) groups is 1. The molecule has 110 valence electrons. The molecule has 0 fully saturated rings. The van der Waals surface area contributed by atoms with Crippen molar-refractivity contribution in [2.75, 3.05) is 5.73 Å². The summed E-state index contributed by atoms with van der Waals surface area (Å²) in [5.74, 6) is 0.231. The number of nitrogens with one attached hydrogen (secondary N) is 1. The summed E-state index contributed by atoms with van der Waals surface area (Å²) in [6.07, 6.45) is 0. The molecule has 20 heavy (non-hydrogen) atoms. The van der Waals surface area contributed by atoms with E-state index < -0.39 is 6.04 Å². The number of aryl methyl sites for hydroxylation is 2. The van der Waals surface area contributed by atoms with Gasteiger partial charge in [0.15, 0.2) is 5.65 Å². The van der Waals surface area contributed by atoms with Crippen molar-refractivity contribution in [3.63, 3.8) is 0 Å². The molecule has 0 bridgehead atoms. The molecule has 0 aromatic carbocycles. The summed E-state index contributed by atoms with van der Waals surface area (Å²) in [5, 5.41) is 7.27. The zero-order valence-corrected chi connectivity index (χ0v) is 12.9. The Balaban J connectivity index is 2.47. The van der Waals surface area contributed by atoms with Crippen LogP contribution in [0.1, 0.15) is 39.4 Å². The summed E-state index contributed by atoms with van der Waals surface area (Å²) in [6.45, 7) is 9.51. The monoisotopic (exact) mass is 278 g/mol. The maximum atomic E-state index is 12.3. The predicted octanol–water partition coefficient (Wildman–Crippen LogP) is 1.14. The number of nitrogen functional groups attached to an aromatic ring is 1. The van der Waals surface area contributed by atoms with Gasteiger partial charge in [-0.05, 0) is 34.6 Å². The topological polar surface area (TPSA) is 90.8 Å². The lowest BCUT2D eigenvalue weighted by molar-refractivity contribution is -0.125. The van der Waals surface area contributed by atoms with Crippen LogP contribution in [-0.2, 0) is 11.8 Å². The van der Waals surface area contributed by atoms with E-state index in [0.717, 1.165) is 16.9 Å². The molecule has 2 aromatic rings. The number of anilines is 1. The van der Waals surface area contributed by atoms with Gasteiger partial charge in [0.05, 0.1) is 5.69 Å². The van der Waals surface area contributed by atoms with E-state index in [-0.39, 0.29) is 11.4 Å². The van der Waals surface area contributed by atoms with Crippen LogP contribution in [0.25, 0.3) is 11.2 Å². The second-order valence-electron chi connectivity index (χ2n) is 6.14. The van der Waals surface area contributed by atoms with E-state index in [1.807, 2.05) is 34.7 Å². The highest BCUT2D eigenvalue weighted by atomic mass is 16.2. The smallest absolute Gasteiger partial charge is 0.243 e. The molecule has 0 saturated carbocycles. The van der Waals surface area contributed by atoms with Crippen LogP contribution in [0.3, 0.4) is 0 Å². The summed E-state index contributed by atoms with van der Waals surface area (Å²) in [5.41, 5.74) is 7.98. The Morgan fingerprint density at radius 2 is 2.00 bits per heavy atom. The molecule has 2 aromatic heterocycles. The first-order chi connectivity index (χ1) is 9.11. The lowest BCUT2D eigenvalue weighted by Gasteiger charge is -2.24. The average Bonchev–Trinajstić information content (AvgIpc) is 2.74. The van der Waals surface area contributed by atoms with E-state index in [1.54, 1.807) is 16.2 Å². The second kappa shape index (κ2) is 4.50. The van der Waals surface area contributed by atoms with Crippen LogP contribution in [0.2, 0.25) is 0 Å². The van der Waals surface area contributed by atoms with Gasteiger partial charge in [0.2, 0.25) is 11.9 Å². The highest BCUT2D eigenvalue weighted by Gasteiger charge is 2.26. The van der Waals surface area contributed by atoms with E-state index >= 15 is 0 Å². The molecule has 0 aliphatic carbocycles. The van der Waals surface area contributed by atoms with Gasteiger partial charge in [-0.2, -0.15) is 5.10 Å². The number of aromatic nitrogens is 4. The number of amides is 1. The standard InChI is InChI=1S/C13H22N6O/c1-7-9-11(18(6)17-7)19(12(14)15-9)8(2)10(20)16-13(3,4)5/h8H,1-6H3,(H2,14,15)(H,16,20). The van der Waals surface area contributed by atoms with Crippen molar-refractivity contribution in [1.29, 1.82) is 0 Å². The Hall–Kier alpha value is -2.05. The molecule has 0 radical (unpaired) electrons. The number of carbonyl (C=O) groups excluding carboxylic acids is 1. The minimum atomic E-state index is -0.450. The normalized spacial score (nSPS) is 13.7. The summed E-state index contributed by atoms with van der Waals surface area (Å²) >= 11 is 0. The summed E-state index contributed by atoms with van der Waals surface area (Å²) in [7, 11) is 1.82. The zero-order valence-electron chi connectivity index (χ0n) is 12.9. The van der Waals surface area contributed by atoms with Gasteiger partial charge in [0, 0.05) is 12.6 Å². The fourth-order valence-electron chi connectivity index (χ4n) is 2.29. The van der Waals surface area contributed by atoms with Gasteiger partial charge in [0.1, 0.15) is 11.6 Å². The van der Waals surface area contributed by atoms with Crippen LogP contribution in [-0.4, -0.2) is 30.8 Å². The average molecular weight is 278 g/mol. The summed E-state index contributed by atoms with van der Waals surface area (Å²) in [6, 6.07) is -0.450. The Morgan fingerprint density at radius 1 is 1.40 bits per heavy atom. The van der Waals surface area contributed by atoms with Gasteiger partial charge in [0.25, 0.3) is 0 Å². The maximum absolute atomic E-state index is 12.3. The molecule has 2 heterocycles. The Morgan fingerprint density at radius 3 is 2.55 bits per heavy atom. The molecule has 1 amide bonds. The number of rotatable bonds is 2. The summed E-state index contributed by atoms with van der Waals surface area (Å²) < 4.78 is 3.42. The quantitative estimate of drug-likeness (QED) is 0.861. The molecule has 0 aliphatic heterocycles. The molecule has 1 atom stereocenters. The van der Waals surface area contributed by atoms with Gasteiger partial charge in [-0.3, -0.25) is 14.0 Å². The molecule has 3 N–H and O–H groups in total. The van der Waals surface area contributed by atoms with E-state index in [9.17, 15) is 4.79 Å². The molecule has 7 nitrogen and oxygen atoms in total. The van der Waals surface area contributed by atoms with Crippen LogP contribution in [0.4, 0.5) is 5.95 Å². The number of nitrogens with zero attached hydrogens (tertiary/aromatic N) is 4. The van der Waals surface area contributed by atoms with Gasteiger partial charge < -0.3 is 11.1 Å². The van der Waals surface area contributed by atoms with Gasteiger partial charge in [-0.15, -0.1) is 0 Å². The van der Waals surface area contributed by atoms with Gasteiger partial charge >= 0.3 is 0 Å². The minimum Gasteiger partial charge on any atom is -0.369 e.